The maximum Gasteiger partial charge on any atom is 0.131 e. The number of aliphatic hydroxyl groups is 3. The van der Waals surface area contributed by atoms with Gasteiger partial charge in [0.15, 0.2) is 0 Å². The van der Waals surface area contributed by atoms with Crippen molar-refractivity contribution in [2.24, 2.45) is 0 Å². The molecule has 2 atom stereocenters. The molecule has 0 radical (unpaired) electrons. The fourth-order valence-electron chi connectivity index (χ4n) is 5.55. The summed E-state index contributed by atoms with van der Waals surface area (Å²) in [6, 6.07) is 16.9. The van der Waals surface area contributed by atoms with E-state index in [2.05, 4.69) is 22.0 Å². The van der Waals surface area contributed by atoms with Crippen molar-refractivity contribution < 1.29 is 20.1 Å². The van der Waals surface area contributed by atoms with Gasteiger partial charge in [0.25, 0.3) is 0 Å². The first-order chi connectivity index (χ1) is 18.0. The Morgan fingerprint density at radius 1 is 1.11 bits per heavy atom. The van der Waals surface area contributed by atoms with E-state index in [0.717, 1.165) is 40.1 Å². The summed E-state index contributed by atoms with van der Waals surface area (Å²) in [4.78, 5) is 6.74. The molecule has 1 saturated heterocycles. The molecule has 3 aromatic rings. The van der Waals surface area contributed by atoms with E-state index < -0.39 is 16.8 Å². The van der Waals surface area contributed by atoms with Crippen LogP contribution in [0.15, 0.2) is 66.9 Å². The van der Waals surface area contributed by atoms with E-state index in [1.165, 1.54) is 0 Å². The highest BCUT2D eigenvalue weighted by molar-refractivity contribution is 6.30. The molecular formula is C31H35ClN2O4. The van der Waals surface area contributed by atoms with Crippen LogP contribution in [0.5, 0.6) is 5.75 Å². The third-order valence-electron chi connectivity index (χ3n) is 7.85. The third kappa shape index (κ3) is 5.12. The summed E-state index contributed by atoms with van der Waals surface area (Å²) < 4.78 is 6.10. The van der Waals surface area contributed by atoms with Gasteiger partial charge >= 0.3 is 0 Å². The molecule has 3 heterocycles. The van der Waals surface area contributed by atoms with Crippen LogP contribution in [0.1, 0.15) is 61.6 Å². The summed E-state index contributed by atoms with van der Waals surface area (Å²) in [5.74, 6) is 0.760. The Morgan fingerprint density at radius 2 is 1.87 bits per heavy atom. The average Bonchev–Trinajstić information content (AvgIpc) is 3.02. The second-order valence-corrected chi connectivity index (χ2v) is 11.6. The second-order valence-electron chi connectivity index (χ2n) is 11.1. The van der Waals surface area contributed by atoms with Crippen molar-refractivity contribution in [2.45, 2.75) is 57.0 Å². The number of pyridine rings is 1. The van der Waals surface area contributed by atoms with Gasteiger partial charge in [-0.25, -0.2) is 0 Å². The fourth-order valence-corrected chi connectivity index (χ4v) is 5.68. The number of likely N-dealkylation sites (tertiary alicyclic amines) is 1. The minimum atomic E-state index is -1.35. The third-order valence-corrected chi connectivity index (χ3v) is 8.10. The van der Waals surface area contributed by atoms with Gasteiger partial charge in [-0.1, -0.05) is 41.9 Å². The van der Waals surface area contributed by atoms with E-state index in [1.54, 1.807) is 51.2 Å². The van der Waals surface area contributed by atoms with Crippen molar-refractivity contribution in [3.8, 4) is 5.75 Å². The van der Waals surface area contributed by atoms with Crippen LogP contribution >= 0.6 is 11.6 Å². The summed E-state index contributed by atoms with van der Waals surface area (Å²) in [5.41, 5.74) is 1.67. The number of fused-ring (bicyclic) bond motifs is 2. The number of hydrogen-bond donors (Lipinski definition) is 3. The average molecular weight is 535 g/mol. The van der Waals surface area contributed by atoms with E-state index >= 15 is 0 Å². The standard InChI is InChI=1S/C31H35ClN2O4/c1-29(2,35)22-10-13-28-26(18-22)24(25-6-4-15-33-27(25)19-38-28)7-5-16-34-17-14-31(37,30(3,36)20-34)21-8-11-23(32)12-9-21/h4,6-13,15,18,35-37H,5,14,16-17,19-20H2,1-3H3/b24-7+. The Hall–Kier alpha value is -2.74. The molecule has 1 fully saturated rings. The molecule has 2 aromatic carbocycles. The maximum absolute atomic E-state index is 11.5. The summed E-state index contributed by atoms with van der Waals surface area (Å²) in [6.07, 6.45) is 5.11. The van der Waals surface area contributed by atoms with Gasteiger partial charge in [0.1, 0.15) is 23.6 Å². The molecule has 0 saturated carbocycles. The van der Waals surface area contributed by atoms with E-state index in [9.17, 15) is 15.3 Å². The first-order valence-electron chi connectivity index (χ1n) is 13.1. The monoisotopic (exact) mass is 534 g/mol. The van der Waals surface area contributed by atoms with E-state index in [0.29, 0.717) is 43.2 Å². The van der Waals surface area contributed by atoms with Crippen LogP contribution < -0.4 is 4.74 Å². The number of halogens is 1. The van der Waals surface area contributed by atoms with Crippen molar-refractivity contribution in [3.63, 3.8) is 0 Å². The topological polar surface area (TPSA) is 86.1 Å². The van der Waals surface area contributed by atoms with Gasteiger partial charge in [-0.3, -0.25) is 9.88 Å². The number of rotatable bonds is 5. The molecule has 2 aliphatic heterocycles. The molecule has 2 aliphatic rings. The Kier molecular flexibility index (Phi) is 7.14. The highest BCUT2D eigenvalue weighted by Gasteiger charge is 2.50. The van der Waals surface area contributed by atoms with Gasteiger partial charge in [0.2, 0.25) is 0 Å². The molecule has 1 aromatic heterocycles. The van der Waals surface area contributed by atoms with Gasteiger partial charge < -0.3 is 20.1 Å². The molecule has 38 heavy (non-hydrogen) atoms. The lowest BCUT2D eigenvalue weighted by Gasteiger charge is -2.49. The maximum atomic E-state index is 11.5. The number of aromatic nitrogens is 1. The van der Waals surface area contributed by atoms with Crippen molar-refractivity contribution >= 4 is 17.2 Å². The fraction of sp³-hybridized carbons (Fsp3) is 0.387. The molecule has 0 aliphatic carbocycles. The number of nitrogens with zero attached hydrogens (tertiary/aromatic N) is 2. The van der Waals surface area contributed by atoms with Crippen LogP contribution in [0.2, 0.25) is 5.02 Å². The molecular weight excluding hydrogens is 500 g/mol. The molecule has 0 spiro atoms. The van der Waals surface area contributed by atoms with Crippen molar-refractivity contribution in [2.75, 3.05) is 19.6 Å². The Labute approximate surface area is 229 Å². The Balaban J connectivity index is 1.39. The van der Waals surface area contributed by atoms with Gasteiger partial charge in [0, 0.05) is 42.0 Å². The van der Waals surface area contributed by atoms with Crippen LogP contribution in [0, 0.1) is 0 Å². The molecule has 5 rings (SSSR count). The number of benzene rings is 2. The zero-order chi connectivity index (χ0) is 27.1. The Bertz CT molecular complexity index is 1350. The quantitative estimate of drug-likeness (QED) is 0.426. The largest absolute Gasteiger partial charge is 0.487 e. The summed E-state index contributed by atoms with van der Waals surface area (Å²) >= 11 is 6.03. The second kappa shape index (κ2) is 10.1. The van der Waals surface area contributed by atoms with E-state index in [4.69, 9.17) is 16.3 Å². The van der Waals surface area contributed by atoms with Crippen molar-refractivity contribution in [3.05, 3.63) is 99.8 Å². The summed E-state index contributed by atoms with van der Waals surface area (Å²) in [6.45, 7) is 7.34. The van der Waals surface area contributed by atoms with Crippen LogP contribution in [-0.2, 0) is 17.8 Å². The van der Waals surface area contributed by atoms with Crippen LogP contribution in [0.4, 0.5) is 0 Å². The highest BCUT2D eigenvalue weighted by Crippen LogP contribution is 2.41. The number of piperidine rings is 1. The normalized spacial score (nSPS) is 24.9. The first kappa shape index (κ1) is 26.9. The predicted molar refractivity (Wildman–Crippen MR) is 149 cm³/mol. The van der Waals surface area contributed by atoms with Crippen molar-refractivity contribution in [1.82, 2.24) is 9.88 Å². The Morgan fingerprint density at radius 3 is 2.58 bits per heavy atom. The lowest BCUT2D eigenvalue weighted by molar-refractivity contribution is -0.186. The van der Waals surface area contributed by atoms with Gasteiger partial charge in [-0.2, -0.15) is 0 Å². The molecule has 0 amide bonds. The molecule has 2 unspecified atom stereocenters. The van der Waals surface area contributed by atoms with Crippen molar-refractivity contribution in [1.29, 1.82) is 0 Å². The van der Waals surface area contributed by atoms with Crippen LogP contribution in [0.25, 0.3) is 5.57 Å². The molecule has 200 valence electrons. The molecule has 0 bridgehead atoms. The number of ether oxygens (including phenoxy) is 1. The SMILES string of the molecule is CC(C)(O)c1ccc2c(c1)/C(=C/CCN1CCC(O)(c3ccc(Cl)cc3)C(C)(O)C1)c1cccnc1CO2. The lowest BCUT2D eigenvalue weighted by Crippen LogP contribution is -2.61. The lowest BCUT2D eigenvalue weighted by atomic mass is 9.73. The number of hydrogen-bond acceptors (Lipinski definition) is 6. The molecule has 3 N–H and O–H groups in total. The smallest absolute Gasteiger partial charge is 0.131 e. The molecule has 6 nitrogen and oxygen atoms in total. The van der Waals surface area contributed by atoms with E-state index in [1.807, 2.05) is 24.3 Å². The summed E-state index contributed by atoms with van der Waals surface area (Å²) in [7, 11) is 0. The zero-order valence-electron chi connectivity index (χ0n) is 22.1. The van der Waals surface area contributed by atoms with Crippen LogP contribution in [-0.4, -0.2) is 50.4 Å². The highest BCUT2D eigenvalue weighted by atomic mass is 35.5. The number of β-amino-alcohol motifs (C(OH)–C–C–N with tert-alkyl or cyclic N) is 1. The summed E-state index contributed by atoms with van der Waals surface area (Å²) in [5, 5.41) is 34.1. The van der Waals surface area contributed by atoms with Gasteiger partial charge in [-0.05, 0) is 80.6 Å². The van der Waals surface area contributed by atoms with Gasteiger partial charge in [0.05, 0.1) is 11.3 Å². The van der Waals surface area contributed by atoms with Crippen LogP contribution in [0.3, 0.4) is 0 Å². The zero-order valence-corrected chi connectivity index (χ0v) is 22.9. The minimum absolute atomic E-state index is 0.343. The molecule has 7 heteroatoms. The minimum Gasteiger partial charge on any atom is -0.487 e. The first-order valence-corrected chi connectivity index (χ1v) is 13.4. The van der Waals surface area contributed by atoms with E-state index in [-0.39, 0.29) is 0 Å². The predicted octanol–water partition coefficient (Wildman–Crippen LogP) is 5.02. The van der Waals surface area contributed by atoms with Gasteiger partial charge in [-0.15, -0.1) is 0 Å².